The average Bonchev–Trinajstić information content (AvgIpc) is 2.39. The Bertz CT molecular complexity index is 677. The Morgan fingerprint density at radius 2 is 1.75 bits per heavy atom. The van der Waals surface area contributed by atoms with E-state index >= 15 is 0 Å². The maximum Gasteiger partial charge on any atom is 0.192 e. The highest BCUT2D eigenvalue weighted by molar-refractivity contribution is 7.90. The van der Waals surface area contributed by atoms with E-state index in [1.807, 2.05) is 0 Å². The van der Waals surface area contributed by atoms with Crippen LogP contribution in [0.3, 0.4) is 0 Å². The van der Waals surface area contributed by atoms with E-state index in [9.17, 15) is 8.42 Å². The maximum absolute atomic E-state index is 11.3. The lowest BCUT2D eigenvalue weighted by Crippen LogP contribution is -2.07. The minimum Gasteiger partial charge on any atom is -0.377 e. The van der Waals surface area contributed by atoms with Crippen LogP contribution in [0.2, 0.25) is 0 Å². The molecule has 1 atom stereocenters. The van der Waals surface area contributed by atoms with E-state index in [0.29, 0.717) is 0 Å². The molecule has 5 heteroatoms. The summed E-state index contributed by atoms with van der Waals surface area (Å²) in [5.41, 5.74) is 3.19. The van der Waals surface area contributed by atoms with Gasteiger partial charge in [-0.1, -0.05) is 29.8 Å². The quantitative estimate of drug-likeness (QED) is 0.940. The maximum atomic E-state index is 11.3. The second-order valence-electron chi connectivity index (χ2n) is 4.93. The molecular weight excluding hydrogens is 272 g/mol. The van der Waals surface area contributed by atoms with Crippen molar-refractivity contribution in [3.8, 4) is 0 Å². The third-order valence-corrected chi connectivity index (χ3v) is 4.08. The largest absolute Gasteiger partial charge is 0.377 e. The predicted molar refractivity (Wildman–Crippen MR) is 80.6 cm³/mol. The first-order chi connectivity index (χ1) is 9.36. The molecular formula is C15H18N2O2S. The molecule has 2 aromatic rings. The summed E-state index contributed by atoms with van der Waals surface area (Å²) in [4.78, 5) is 3.96. The van der Waals surface area contributed by atoms with Crippen molar-refractivity contribution in [1.29, 1.82) is 0 Å². The fourth-order valence-corrected chi connectivity index (χ4v) is 2.43. The number of aromatic nitrogens is 1. The molecule has 4 nitrogen and oxygen atoms in total. The SMILES string of the molecule is Cc1ccc(C(C)Nc2ccc(S(C)(=O)=O)nc2)cc1. The molecule has 106 valence electrons. The van der Waals surface area contributed by atoms with Gasteiger partial charge < -0.3 is 5.32 Å². The van der Waals surface area contributed by atoms with Crippen molar-refractivity contribution in [2.24, 2.45) is 0 Å². The van der Waals surface area contributed by atoms with Crippen LogP contribution >= 0.6 is 0 Å². The molecule has 2 rings (SSSR count). The van der Waals surface area contributed by atoms with Gasteiger partial charge in [-0.2, -0.15) is 0 Å². The zero-order valence-electron chi connectivity index (χ0n) is 11.8. The van der Waals surface area contributed by atoms with E-state index in [1.165, 1.54) is 17.2 Å². The van der Waals surface area contributed by atoms with E-state index < -0.39 is 9.84 Å². The number of benzene rings is 1. The van der Waals surface area contributed by atoms with Crippen molar-refractivity contribution in [1.82, 2.24) is 4.98 Å². The van der Waals surface area contributed by atoms with Gasteiger partial charge in [-0.05, 0) is 31.5 Å². The van der Waals surface area contributed by atoms with Gasteiger partial charge >= 0.3 is 0 Å². The Kier molecular flexibility index (Phi) is 4.09. The molecule has 0 aliphatic heterocycles. The summed E-state index contributed by atoms with van der Waals surface area (Å²) in [5.74, 6) is 0. The molecule has 0 aliphatic rings. The monoisotopic (exact) mass is 290 g/mol. The number of nitrogens with zero attached hydrogens (tertiary/aromatic N) is 1. The van der Waals surface area contributed by atoms with Crippen LogP contribution in [0.5, 0.6) is 0 Å². The molecule has 0 radical (unpaired) electrons. The zero-order valence-corrected chi connectivity index (χ0v) is 12.6. The van der Waals surface area contributed by atoms with Gasteiger partial charge in [-0.15, -0.1) is 0 Å². The first-order valence-electron chi connectivity index (χ1n) is 6.35. The molecule has 20 heavy (non-hydrogen) atoms. The molecule has 1 aromatic heterocycles. The fraction of sp³-hybridized carbons (Fsp3) is 0.267. The van der Waals surface area contributed by atoms with Crippen molar-refractivity contribution in [3.05, 3.63) is 53.7 Å². The molecule has 1 heterocycles. The standard InChI is InChI=1S/C15H18N2O2S/c1-11-4-6-13(7-5-11)12(2)17-14-8-9-15(16-10-14)20(3,18)19/h4-10,12,17H,1-3H3. The fourth-order valence-electron chi connectivity index (χ4n) is 1.87. The number of rotatable bonds is 4. The van der Waals surface area contributed by atoms with E-state index in [4.69, 9.17) is 0 Å². The summed E-state index contributed by atoms with van der Waals surface area (Å²) in [6.07, 6.45) is 2.69. The smallest absolute Gasteiger partial charge is 0.192 e. The Balaban J connectivity index is 2.12. The molecule has 0 fully saturated rings. The molecule has 1 aromatic carbocycles. The summed E-state index contributed by atoms with van der Waals surface area (Å²) in [5, 5.41) is 3.39. The minimum absolute atomic E-state index is 0.0889. The van der Waals surface area contributed by atoms with Crippen molar-refractivity contribution in [2.75, 3.05) is 11.6 Å². The summed E-state index contributed by atoms with van der Waals surface area (Å²) in [6, 6.07) is 11.7. The lowest BCUT2D eigenvalue weighted by molar-refractivity contribution is 0.598. The van der Waals surface area contributed by atoms with Crippen LogP contribution in [0, 0.1) is 6.92 Å². The number of sulfone groups is 1. The van der Waals surface area contributed by atoms with E-state index in [1.54, 1.807) is 12.3 Å². The Hall–Kier alpha value is -1.88. The molecule has 0 saturated carbocycles. The number of pyridine rings is 1. The number of nitrogens with one attached hydrogen (secondary N) is 1. The highest BCUT2D eigenvalue weighted by atomic mass is 32.2. The third kappa shape index (κ3) is 3.57. The molecule has 0 saturated heterocycles. The van der Waals surface area contributed by atoms with Gasteiger partial charge in [-0.3, -0.25) is 0 Å². The van der Waals surface area contributed by atoms with Crippen LogP contribution < -0.4 is 5.32 Å². The number of hydrogen-bond acceptors (Lipinski definition) is 4. The van der Waals surface area contributed by atoms with Crippen LogP contribution in [0.15, 0.2) is 47.6 Å². The first-order valence-corrected chi connectivity index (χ1v) is 8.24. The molecule has 0 amide bonds. The highest BCUT2D eigenvalue weighted by Gasteiger charge is 2.09. The van der Waals surface area contributed by atoms with Crippen LogP contribution in [-0.2, 0) is 9.84 Å². The first kappa shape index (κ1) is 14.5. The zero-order chi connectivity index (χ0) is 14.8. The van der Waals surface area contributed by atoms with Crippen molar-refractivity contribution in [3.63, 3.8) is 0 Å². The lowest BCUT2D eigenvalue weighted by atomic mass is 10.1. The van der Waals surface area contributed by atoms with Gasteiger partial charge in [0.1, 0.15) is 0 Å². The highest BCUT2D eigenvalue weighted by Crippen LogP contribution is 2.19. The molecule has 1 N–H and O–H groups in total. The van der Waals surface area contributed by atoms with Gasteiger partial charge in [0.2, 0.25) is 0 Å². The lowest BCUT2D eigenvalue weighted by Gasteiger charge is -2.15. The molecule has 0 aliphatic carbocycles. The Labute approximate surface area is 119 Å². The van der Waals surface area contributed by atoms with Crippen LogP contribution in [0.1, 0.15) is 24.1 Å². The number of aryl methyl sites for hydroxylation is 1. The Morgan fingerprint density at radius 3 is 2.25 bits per heavy atom. The topological polar surface area (TPSA) is 59.1 Å². The summed E-state index contributed by atoms with van der Waals surface area (Å²) < 4.78 is 22.7. The van der Waals surface area contributed by atoms with Crippen LogP contribution in [0.25, 0.3) is 0 Å². The van der Waals surface area contributed by atoms with Crippen molar-refractivity contribution in [2.45, 2.75) is 24.9 Å². The number of hydrogen-bond donors (Lipinski definition) is 1. The van der Waals surface area contributed by atoms with Gasteiger partial charge in [0.05, 0.1) is 11.9 Å². The van der Waals surface area contributed by atoms with E-state index in [2.05, 4.69) is 48.4 Å². The molecule has 0 bridgehead atoms. The van der Waals surface area contributed by atoms with Crippen LogP contribution in [0.4, 0.5) is 5.69 Å². The average molecular weight is 290 g/mol. The summed E-state index contributed by atoms with van der Waals surface area (Å²) in [7, 11) is -3.24. The van der Waals surface area contributed by atoms with Gasteiger partial charge in [0, 0.05) is 12.3 Å². The van der Waals surface area contributed by atoms with Crippen molar-refractivity contribution < 1.29 is 8.42 Å². The van der Waals surface area contributed by atoms with Gasteiger partial charge in [-0.25, -0.2) is 13.4 Å². The minimum atomic E-state index is -3.24. The van der Waals surface area contributed by atoms with E-state index in [-0.39, 0.29) is 11.1 Å². The summed E-state index contributed by atoms with van der Waals surface area (Å²) in [6.45, 7) is 4.10. The molecule has 0 spiro atoms. The molecule has 1 unspecified atom stereocenters. The van der Waals surface area contributed by atoms with Crippen molar-refractivity contribution >= 4 is 15.5 Å². The number of anilines is 1. The van der Waals surface area contributed by atoms with Gasteiger partial charge in [0.25, 0.3) is 0 Å². The van der Waals surface area contributed by atoms with Crippen LogP contribution in [-0.4, -0.2) is 19.7 Å². The normalized spacial score (nSPS) is 12.9. The predicted octanol–water partition coefficient (Wildman–Crippen LogP) is 2.97. The second-order valence-corrected chi connectivity index (χ2v) is 6.90. The second kappa shape index (κ2) is 5.63. The third-order valence-electron chi connectivity index (χ3n) is 3.08. The van der Waals surface area contributed by atoms with Gasteiger partial charge in [0.15, 0.2) is 14.9 Å². The Morgan fingerprint density at radius 1 is 1.10 bits per heavy atom. The van der Waals surface area contributed by atoms with E-state index in [0.717, 1.165) is 11.9 Å². The summed E-state index contributed by atoms with van der Waals surface area (Å²) >= 11 is 0.